The Kier molecular flexibility index (Phi) is 39.3. The van der Waals surface area contributed by atoms with Crippen molar-refractivity contribution in [2.24, 2.45) is 35.3 Å². The number of benzene rings is 1. The molecule has 10 N–H and O–H groups in total. The van der Waals surface area contributed by atoms with Crippen LogP contribution in [-0.4, -0.2) is 264 Å². The van der Waals surface area contributed by atoms with Crippen LogP contribution >= 0.6 is 0 Å². The Balaban J connectivity index is 0.614. The predicted molar refractivity (Wildman–Crippen MR) is 447 cm³/mol. The Hall–Kier alpha value is -8.13. The Morgan fingerprint density at radius 2 is 1.46 bits per heavy atom. The van der Waals surface area contributed by atoms with Crippen LogP contribution in [0.4, 0.5) is 11.7 Å². The number of methoxy groups -OCH3 is 2. The molecule has 2 saturated heterocycles. The number of fused-ring (bicyclic) bond motifs is 5. The van der Waals surface area contributed by atoms with Crippen molar-refractivity contribution in [3.8, 4) is 11.3 Å². The van der Waals surface area contributed by atoms with Gasteiger partial charge in [-0.2, -0.15) is 5.10 Å². The average Bonchev–Trinajstić information content (AvgIpc) is 1.05. The summed E-state index contributed by atoms with van der Waals surface area (Å²) in [6, 6.07) is 5.34. The van der Waals surface area contributed by atoms with E-state index in [1.807, 2.05) is 73.3 Å². The van der Waals surface area contributed by atoms with Crippen molar-refractivity contribution in [3.63, 3.8) is 0 Å². The van der Waals surface area contributed by atoms with Crippen LogP contribution in [-0.2, 0) is 100 Å². The molecule has 664 valence electrons. The summed E-state index contributed by atoms with van der Waals surface area (Å²) < 4.78 is 73.7. The van der Waals surface area contributed by atoms with E-state index in [4.69, 9.17) is 78.8 Å². The predicted octanol–water partition coefficient (Wildman–Crippen LogP) is 7.66. The van der Waals surface area contributed by atoms with E-state index in [1.165, 1.54) is 19.3 Å². The van der Waals surface area contributed by atoms with Crippen molar-refractivity contribution in [2.45, 2.75) is 231 Å². The van der Waals surface area contributed by atoms with Gasteiger partial charge in [-0.1, -0.05) is 69.4 Å². The SMILES string of the molecule is CO[C@H]1C[C@@H]2CC[C@@H](C)[C@@](O)(O2)C(=O)C(=O)N2CCCC[C@H]2C(=O)O[C@H]([C@H](N)C[C@@H]2CC[C@@H](OCCCCc3cn(CCOCCOCCOCCOCCOCCOCCC(=O)NCCCCn4nc(-c5ccc6oc(N)cc6c5)c5c(N)ncnc54)nn3)[C@H](OC)C2)CC(=O)[C@H](C)/C=C(\C)[C@@H](O)[C@@H](O)C(=O)[C@H](C)C[C@H](C)/C=C/C=CC=C1C. The fourth-order valence-electron chi connectivity index (χ4n) is 15.9. The Morgan fingerprint density at radius 1 is 0.742 bits per heavy atom. The Bertz CT molecular complexity index is 4180. The number of nitrogens with zero attached hydrogens (tertiary/aromatic N) is 8. The lowest BCUT2D eigenvalue weighted by molar-refractivity contribution is -0.265. The van der Waals surface area contributed by atoms with E-state index in [1.54, 1.807) is 45.7 Å². The molecule has 0 spiro atoms. The van der Waals surface area contributed by atoms with E-state index in [0.29, 0.717) is 197 Å². The fraction of sp³-hybridized carbons (Fsp3) is 0.667. The number of furan rings is 1. The summed E-state index contributed by atoms with van der Waals surface area (Å²) in [5.41, 5.74) is 24.0. The van der Waals surface area contributed by atoms with Gasteiger partial charge in [0.2, 0.25) is 11.7 Å². The number of nitrogens with one attached hydrogen (secondary N) is 1. The number of esters is 1. The molecule has 1 saturated carbocycles. The monoisotopic (exact) mass is 1680 g/mol. The molecule has 33 heteroatoms. The zero-order valence-electron chi connectivity index (χ0n) is 71.3. The third-order valence-corrected chi connectivity index (χ3v) is 23.0. The van der Waals surface area contributed by atoms with E-state index in [9.17, 15) is 44.1 Å². The summed E-state index contributed by atoms with van der Waals surface area (Å²) in [7, 11) is 3.20. The number of amides is 2. The molecule has 5 aromatic rings. The fourth-order valence-corrected chi connectivity index (χ4v) is 15.9. The van der Waals surface area contributed by atoms with Crippen molar-refractivity contribution in [2.75, 3.05) is 125 Å². The van der Waals surface area contributed by atoms with Gasteiger partial charge in [0.25, 0.3) is 11.7 Å². The van der Waals surface area contributed by atoms with E-state index in [-0.39, 0.29) is 74.4 Å². The van der Waals surface area contributed by atoms with E-state index < -0.39 is 95.4 Å². The van der Waals surface area contributed by atoms with Gasteiger partial charge in [0, 0.05) is 107 Å². The highest BCUT2D eigenvalue weighted by Crippen LogP contribution is 2.39. The van der Waals surface area contributed by atoms with Crippen molar-refractivity contribution in [3.05, 3.63) is 90.1 Å². The lowest BCUT2D eigenvalue weighted by Gasteiger charge is -2.42. The highest BCUT2D eigenvalue weighted by molar-refractivity contribution is 6.39. The van der Waals surface area contributed by atoms with Gasteiger partial charge in [-0.15, -0.1) is 5.10 Å². The summed E-state index contributed by atoms with van der Waals surface area (Å²) in [5, 5.41) is 52.6. The smallest absolute Gasteiger partial charge is 0.329 e. The van der Waals surface area contributed by atoms with Crippen LogP contribution in [0, 0.1) is 29.6 Å². The first-order valence-corrected chi connectivity index (χ1v) is 42.8. The molecule has 15 atom stereocenters. The van der Waals surface area contributed by atoms with Gasteiger partial charge in [-0.25, -0.2) is 24.1 Å². The lowest BCUT2D eigenvalue weighted by Crippen LogP contribution is -2.61. The maximum Gasteiger partial charge on any atom is 0.329 e. The largest absolute Gasteiger partial charge is 0.459 e. The molecular weight excluding hydrogens is 1550 g/mol. The first-order valence-electron chi connectivity index (χ1n) is 42.8. The highest BCUT2D eigenvalue weighted by Gasteiger charge is 2.53. The summed E-state index contributed by atoms with van der Waals surface area (Å²) in [6.45, 7) is 17.3. The Morgan fingerprint density at radius 3 is 2.17 bits per heavy atom. The number of carbonyl (C=O) groups excluding carboxylic acids is 6. The second kappa shape index (κ2) is 49.2. The summed E-state index contributed by atoms with van der Waals surface area (Å²) in [4.78, 5) is 93.8. The number of hydrogen-bond acceptors (Lipinski definition) is 29. The molecule has 9 rings (SSSR count). The number of nitrogen functional groups attached to an aromatic ring is 2. The van der Waals surface area contributed by atoms with Crippen LogP contribution in [0.5, 0.6) is 0 Å². The van der Waals surface area contributed by atoms with E-state index >= 15 is 0 Å². The number of aliphatic hydroxyl groups is 3. The van der Waals surface area contributed by atoms with Gasteiger partial charge in [0.05, 0.1) is 121 Å². The highest BCUT2D eigenvalue weighted by atomic mass is 16.6. The van der Waals surface area contributed by atoms with Gasteiger partial charge in [0.15, 0.2) is 17.3 Å². The summed E-state index contributed by atoms with van der Waals surface area (Å²) >= 11 is 0. The molecule has 4 aliphatic rings. The third kappa shape index (κ3) is 28.7. The topological polar surface area (TPSA) is 445 Å². The number of carbonyl (C=O) groups is 6. The average molecular weight is 1680 g/mol. The van der Waals surface area contributed by atoms with Crippen LogP contribution in [0.1, 0.15) is 156 Å². The number of nitrogens with two attached hydrogens (primary N) is 3. The number of aryl methyl sites for hydroxylation is 2. The molecule has 2 amide bonds. The minimum Gasteiger partial charge on any atom is -0.459 e. The minimum absolute atomic E-state index is 0.0261. The number of hydrogen-bond donors (Lipinski definition) is 7. The molecule has 3 fully saturated rings. The number of Topliss-reactive ketones (excluding diaryl/α,β-unsaturated/α-hetero) is 3. The molecular formula is C87H130N12O21. The summed E-state index contributed by atoms with van der Waals surface area (Å²) in [6.07, 6.45) is 16.7. The molecule has 0 radical (unpaired) electrons. The number of rotatable bonds is 38. The van der Waals surface area contributed by atoms with Gasteiger partial charge < -0.3 is 99.3 Å². The molecule has 0 unspecified atom stereocenters. The quantitative estimate of drug-likeness (QED) is 0.00862. The standard InChI is InChI=1S/C87H130N12O21/c1-56-18-10-9-11-19-57(2)72(109-7)52-66-25-22-61(6)87(108,120-66)82(105)85(106)98-30-15-12-21-68(98)86(107)119-73(53-69(100)58(3)47-60(5)80(103)81(104)79(102)59(4)46-56)67(88)48-62-23-26-71(74(49-62)110-8)117-33-17-13-20-65-54-97(96-94-65)32-35-112-37-39-114-41-43-116-45-44-115-42-40-113-38-36-111-34-28-76(101)91-29-14-16-31-99-84-77(83(90)92-55-93-84)78(95-99)63-24-27-70-64(50-63)51-75(89)118-70/h9-11,18-19,24,27,47,50-51,54-56,58-59,61-62,66-68,71-74,80-81,103-104,108H,12-17,20-23,25-26,28-46,48-49,52-53,88-89H2,1-8H3,(H,91,101)(H2,90,92,93)/b11-9?,18-10+,57-19?,60-47+/t56-,58-,59-,61-,62+,66+,67-,68+,71-,72+,73+,74-,80-,81+,87-/m1/s1. The number of cyclic esters (lactones) is 1. The number of piperidine rings is 1. The molecule has 7 heterocycles. The maximum absolute atomic E-state index is 14.7. The van der Waals surface area contributed by atoms with Crippen LogP contribution in [0.25, 0.3) is 33.3 Å². The number of unbranched alkanes of at least 4 members (excludes halogenated alkanes) is 2. The molecule has 3 aliphatic heterocycles. The van der Waals surface area contributed by atoms with Gasteiger partial charge in [0.1, 0.15) is 53.6 Å². The van der Waals surface area contributed by atoms with Crippen LogP contribution < -0.4 is 22.5 Å². The molecule has 1 aromatic carbocycles. The van der Waals surface area contributed by atoms with Crippen molar-refractivity contribution in [1.82, 2.24) is 45.0 Å². The minimum atomic E-state index is -2.49. The number of ketones is 3. The molecule has 33 nitrogen and oxygen atoms in total. The number of aliphatic hydroxyl groups excluding tert-OH is 2. The van der Waals surface area contributed by atoms with E-state index in [0.717, 1.165) is 52.8 Å². The number of anilines is 2. The number of allylic oxidation sites excluding steroid dienone is 6. The van der Waals surface area contributed by atoms with E-state index in [2.05, 4.69) is 25.6 Å². The zero-order valence-corrected chi connectivity index (χ0v) is 71.3. The lowest BCUT2D eigenvalue weighted by atomic mass is 9.80. The van der Waals surface area contributed by atoms with Crippen molar-refractivity contribution in [1.29, 1.82) is 0 Å². The van der Waals surface area contributed by atoms with Crippen LogP contribution in [0.15, 0.2) is 88.8 Å². The van der Waals surface area contributed by atoms with Crippen LogP contribution in [0.3, 0.4) is 0 Å². The third-order valence-electron chi connectivity index (χ3n) is 23.0. The molecule has 4 aromatic heterocycles. The number of ether oxygens (including phenoxy) is 11. The second-order valence-electron chi connectivity index (χ2n) is 32.2. The number of aromatic nitrogens is 7. The second-order valence-corrected chi connectivity index (χ2v) is 32.2. The molecule has 120 heavy (non-hydrogen) atoms. The summed E-state index contributed by atoms with van der Waals surface area (Å²) in [5.74, 6) is -8.31. The molecule has 2 bridgehead atoms. The zero-order chi connectivity index (χ0) is 86.1. The maximum atomic E-state index is 14.7. The normalized spacial score (nSPS) is 26.7. The van der Waals surface area contributed by atoms with Gasteiger partial charge in [-0.3, -0.25) is 24.0 Å². The van der Waals surface area contributed by atoms with Gasteiger partial charge in [-0.05, 0) is 151 Å². The van der Waals surface area contributed by atoms with Gasteiger partial charge >= 0.3 is 5.97 Å². The van der Waals surface area contributed by atoms with Crippen LogP contribution in [0.2, 0.25) is 0 Å². The Labute approximate surface area is 703 Å². The molecule has 1 aliphatic carbocycles. The first kappa shape index (κ1) is 95.7. The first-order chi connectivity index (χ1) is 57.8. The van der Waals surface area contributed by atoms with Crippen molar-refractivity contribution >= 4 is 68.8 Å². The van der Waals surface area contributed by atoms with Crippen molar-refractivity contribution < 1.29 is 101 Å².